The molecule has 2 aliphatic carbocycles. The second-order valence-electron chi connectivity index (χ2n) is 8.93. The van der Waals surface area contributed by atoms with Crippen LogP contribution in [0.1, 0.15) is 60.0 Å². The molecule has 31 heavy (non-hydrogen) atoms. The molecule has 2 fully saturated rings. The Morgan fingerprint density at radius 3 is 2.55 bits per heavy atom. The number of hydrogen-bond donors (Lipinski definition) is 3. The van der Waals surface area contributed by atoms with Gasteiger partial charge in [-0.15, -0.1) is 0 Å². The Morgan fingerprint density at radius 2 is 1.97 bits per heavy atom. The van der Waals surface area contributed by atoms with Gasteiger partial charge in [0.15, 0.2) is 0 Å². The first-order valence-electron chi connectivity index (χ1n) is 10.3. The van der Waals surface area contributed by atoms with Gasteiger partial charge in [-0.25, -0.2) is 9.37 Å². The molecule has 2 unspecified atom stereocenters. The highest BCUT2D eigenvalue weighted by Crippen LogP contribution is 2.54. The zero-order valence-corrected chi connectivity index (χ0v) is 18.1. The number of amides is 1. The predicted molar refractivity (Wildman–Crippen MR) is 113 cm³/mol. The van der Waals surface area contributed by atoms with Crippen LogP contribution in [0.3, 0.4) is 0 Å². The van der Waals surface area contributed by atoms with Crippen LogP contribution in [0.2, 0.25) is 5.02 Å². The number of carbonyl (C=O) groups excluding carboxylic acids is 1. The number of aromatic nitrogens is 2. The lowest BCUT2D eigenvalue weighted by Crippen LogP contribution is -2.29. The van der Waals surface area contributed by atoms with E-state index < -0.39 is 17.4 Å². The van der Waals surface area contributed by atoms with E-state index >= 15 is 0 Å². The molecule has 1 heterocycles. The molecule has 9 heteroatoms. The Morgan fingerprint density at radius 1 is 1.32 bits per heavy atom. The Hall–Kier alpha value is -2.45. The molecule has 0 bridgehead atoms. The van der Waals surface area contributed by atoms with Crippen molar-refractivity contribution in [2.75, 3.05) is 5.32 Å². The van der Waals surface area contributed by atoms with Crippen molar-refractivity contribution in [1.29, 1.82) is 0 Å². The maximum absolute atomic E-state index is 13.4. The van der Waals surface area contributed by atoms with Gasteiger partial charge in [0.05, 0.1) is 22.7 Å². The molecular weight excluding hydrogens is 425 g/mol. The predicted octanol–water partition coefficient (Wildman–Crippen LogP) is 3.88. The summed E-state index contributed by atoms with van der Waals surface area (Å²) < 4.78 is 15.2. The van der Waals surface area contributed by atoms with Crippen LogP contribution in [0, 0.1) is 24.6 Å². The second kappa shape index (κ2) is 7.91. The van der Waals surface area contributed by atoms with Gasteiger partial charge in [-0.05, 0) is 62.6 Å². The van der Waals surface area contributed by atoms with E-state index in [4.69, 9.17) is 16.7 Å². The third-order valence-corrected chi connectivity index (χ3v) is 7.02. The lowest BCUT2D eigenvalue weighted by molar-refractivity contribution is -0.142. The minimum Gasteiger partial charge on any atom is -0.481 e. The first-order valence-corrected chi connectivity index (χ1v) is 10.7. The molecule has 0 radical (unpaired) electrons. The molecule has 166 valence electrons. The number of carboxylic acids is 1. The van der Waals surface area contributed by atoms with Gasteiger partial charge in [-0.2, -0.15) is 0 Å². The van der Waals surface area contributed by atoms with Crippen LogP contribution in [0.25, 0.3) is 0 Å². The molecule has 0 spiro atoms. The fourth-order valence-corrected chi connectivity index (χ4v) is 5.55. The smallest absolute Gasteiger partial charge is 0.306 e. The van der Waals surface area contributed by atoms with E-state index in [0.717, 1.165) is 12.8 Å². The Labute approximate surface area is 184 Å². The molecule has 2 aromatic rings. The number of aryl methyl sites for hydroxylation is 1. The van der Waals surface area contributed by atoms with E-state index in [1.807, 2.05) is 6.92 Å². The van der Waals surface area contributed by atoms with Gasteiger partial charge in [0.2, 0.25) is 0 Å². The molecule has 1 aromatic carbocycles. The summed E-state index contributed by atoms with van der Waals surface area (Å²) in [6, 6.07) is 4.01. The second-order valence-corrected chi connectivity index (χ2v) is 9.33. The molecular formula is C22H25ClFN3O4. The van der Waals surface area contributed by atoms with Gasteiger partial charge in [-0.3, -0.25) is 9.59 Å². The lowest BCUT2D eigenvalue weighted by Gasteiger charge is -2.22. The molecule has 1 amide bonds. The van der Waals surface area contributed by atoms with Crippen molar-refractivity contribution in [2.24, 2.45) is 18.9 Å². The van der Waals surface area contributed by atoms with Crippen molar-refractivity contribution in [3.8, 4) is 0 Å². The van der Waals surface area contributed by atoms with E-state index in [1.165, 1.54) is 18.2 Å². The number of imidazole rings is 1. The maximum atomic E-state index is 13.4. The van der Waals surface area contributed by atoms with Crippen molar-refractivity contribution in [3.05, 3.63) is 46.3 Å². The summed E-state index contributed by atoms with van der Waals surface area (Å²) in [4.78, 5) is 28.8. The van der Waals surface area contributed by atoms with Crippen LogP contribution in [0.5, 0.6) is 0 Å². The van der Waals surface area contributed by atoms with E-state index in [1.54, 1.807) is 11.6 Å². The number of hydrogen-bond acceptors (Lipinski definition) is 4. The SMILES string of the molecule is Cc1nc(C2CC3CC(O)(CC(=O)O)CC3C2)c(C(=O)Nc2ccc(F)c(Cl)c2)n1C. The number of nitrogens with zero attached hydrogens (tertiary/aromatic N) is 2. The Kier molecular flexibility index (Phi) is 5.55. The van der Waals surface area contributed by atoms with Gasteiger partial charge in [0, 0.05) is 18.7 Å². The fraction of sp³-hybridized carbons (Fsp3) is 0.500. The number of rotatable bonds is 5. The van der Waals surface area contributed by atoms with Gasteiger partial charge in [-0.1, -0.05) is 11.6 Å². The van der Waals surface area contributed by atoms with E-state index in [2.05, 4.69) is 10.3 Å². The van der Waals surface area contributed by atoms with Gasteiger partial charge in [0.25, 0.3) is 5.91 Å². The normalized spacial score (nSPS) is 27.3. The molecule has 0 saturated heterocycles. The summed E-state index contributed by atoms with van der Waals surface area (Å²) in [5.41, 5.74) is 0.405. The molecule has 4 rings (SSSR count). The van der Waals surface area contributed by atoms with Crippen molar-refractivity contribution in [3.63, 3.8) is 0 Å². The number of fused-ring (bicyclic) bond motifs is 1. The number of aliphatic hydroxyl groups is 1. The largest absolute Gasteiger partial charge is 0.481 e. The summed E-state index contributed by atoms with van der Waals surface area (Å²) in [5, 5.41) is 22.4. The highest BCUT2D eigenvalue weighted by atomic mass is 35.5. The topological polar surface area (TPSA) is 104 Å². The number of carboxylic acid groups (broad SMARTS) is 1. The zero-order chi connectivity index (χ0) is 22.5. The molecule has 2 saturated carbocycles. The number of halogens is 2. The van der Waals surface area contributed by atoms with Crippen LogP contribution >= 0.6 is 11.6 Å². The van der Waals surface area contributed by atoms with Crippen LogP contribution in [-0.4, -0.2) is 37.2 Å². The molecule has 1 aromatic heterocycles. The quantitative estimate of drug-likeness (QED) is 0.642. The van der Waals surface area contributed by atoms with Gasteiger partial charge >= 0.3 is 5.97 Å². The van der Waals surface area contributed by atoms with Crippen molar-refractivity contribution in [2.45, 2.75) is 50.5 Å². The average molecular weight is 450 g/mol. The van der Waals surface area contributed by atoms with Gasteiger partial charge in [0.1, 0.15) is 17.3 Å². The monoisotopic (exact) mass is 449 g/mol. The number of carbonyl (C=O) groups is 2. The highest BCUT2D eigenvalue weighted by molar-refractivity contribution is 6.31. The van der Waals surface area contributed by atoms with Crippen LogP contribution < -0.4 is 5.32 Å². The van der Waals surface area contributed by atoms with Crippen LogP contribution in [-0.2, 0) is 11.8 Å². The molecule has 2 atom stereocenters. The number of aliphatic carboxylic acids is 1. The fourth-order valence-electron chi connectivity index (χ4n) is 5.37. The van der Waals surface area contributed by atoms with Crippen LogP contribution in [0.15, 0.2) is 18.2 Å². The summed E-state index contributed by atoms with van der Waals surface area (Å²) in [7, 11) is 1.78. The number of anilines is 1. The maximum Gasteiger partial charge on any atom is 0.306 e. The van der Waals surface area contributed by atoms with E-state index in [-0.39, 0.29) is 35.1 Å². The summed E-state index contributed by atoms with van der Waals surface area (Å²) >= 11 is 5.82. The zero-order valence-electron chi connectivity index (χ0n) is 17.4. The third kappa shape index (κ3) is 4.19. The lowest BCUT2D eigenvalue weighted by atomic mass is 9.90. The minimum atomic E-state index is -1.14. The molecule has 0 aliphatic heterocycles. The van der Waals surface area contributed by atoms with Crippen molar-refractivity contribution >= 4 is 29.2 Å². The number of benzene rings is 1. The summed E-state index contributed by atoms with van der Waals surface area (Å²) in [6.07, 6.45) is 2.20. The highest BCUT2D eigenvalue weighted by Gasteiger charge is 2.50. The number of nitrogens with one attached hydrogen (secondary N) is 1. The van der Waals surface area contributed by atoms with Crippen molar-refractivity contribution in [1.82, 2.24) is 9.55 Å². The standard InChI is InChI=1S/C22H25ClFN3O4/c1-11-25-19(12-5-13-8-22(31,10-18(28)29)9-14(13)6-12)20(27(11)2)21(30)26-15-3-4-17(24)16(23)7-15/h3-4,7,12-14,31H,5-6,8-10H2,1-2H3,(H,26,30)(H,28,29). The molecule has 7 nitrogen and oxygen atoms in total. The summed E-state index contributed by atoms with van der Waals surface area (Å²) in [6.45, 7) is 1.83. The first-order chi connectivity index (χ1) is 14.6. The van der Waals surface area contributed by atoms with E-state index in [9.17, 15) is 19.1 Å². The first kappa shape index (κ1) is 21.8. The summed E-state index contributed by atoms with van der Waals surface area (Å²) in [5.74, 6) is -0.706. The Balaban J connectivity index is 1.53. The van der Waals surface area contributed by atoms with Crippen LogP contribution in [0.4, 0.5) is 10.1 Å². The average Bonchev–Trinajstić information content (AvgIpc) is 3.27. The van der Waals surface area contributed by atoms with Gasteiger partial charge < -0.3 is 20.1 Å². The molecule has 2 aliphatic rings. The van der Waals surface area contributed by atoms with E-state index in [0.29, 0.717) is 35.7 Å². The Bertz CT molecular complexity index is 1040. The molecule has 3 N–H and O–H groups in total. The van der Waals surface area contributed by atoms with Crippen molar-refractivity contribution < 1.29 is 24.2 Å². The third-order valence-electron chi connectivity index (χ3n) is 6.73. The minimum absolute atomic E-state index is 0.0573.